The average molecular weight is 242 g/mol. The standard InChI is InChI=1S/C15H18N2O/c1-2-17-12-6-9-14(17)10-11-16-15(18)13-7-4-3-5-8-13/h3-9,12H,2,10-11H2,1H3,(H,16,18). The number of nitrogens with one attached hydrogen (secondary N) is 1. The summed E-state index contributed by atoms with van der Waals surface area (Å²) in [5, 5.41) is 2.94. The van der Waals surface area contributed by atoms with Gasteiger partial charge in [0.1, 0.15) is 0 Å². The molecule has 2 aromatic rings. The van der Waals surface area contributed by atoms with Gasteiger partial charge in [-0.15, -0.1) is 0 Å². The van der Waals surface area contributed by atoms with Gasteiger partial charge in [-0.1, -0.05) is 18.2 Å². The Hall–Kier alpha value is -2.03. The van der Waals surface area contributed by atoms with E-state index in [0.717, 1.165) is 13.0 Å². The van der Waals surface area contributed by atoms with E-state index >= 15 is 0 Å². The zero-order valence-corrected chi connectivity index (χ0v) is 10.6. The number of hydrogen-bond acceptors (Lipinski definition) is 1. The molecule has 0 aliphatic rings. The first-order chi connectivity index (χ1) is 8.81. The molecule has 1 aromatic heterocycles. The van der Waals surface area contributed by atoms with Crippen LogP contribution in [0.5, 0.6) is 0 Å². The minimum Gasteiger partial charge on any atom is -0.352 e. The van der Waals surface area contributed by atoms with E-state index in [9.17, 15) is 4.79 Å². The number of hydrogen-bond donors (Lipinski definition) is 1. The van der Waals surface area contributed by atoms with Crippen molar-refractivity contribution in [2.24, 2.45) is 0 Å². The van der Waals surface area contributed by atoms with Gasteiger partial charge in [0.25, 0.3) is 5.91 Å². The first-order valence-corrected chi connectivity index (χ1v) is 6.28. The number of aromatic nitrogens is 1. The molecule has 0 fully saturated rings. The van der Waals surface area contributed by atoms with E-state index in [4.69, 9.17) is 0 Å². The molecule has 0 unspecified atom stereocenters. The van der Waals surface area contributed by atoms with Crippen molar-refractivity contribution in [3.8, 4) is 0 Å². The number of aryl methyl sites for hydroxylation is 1. The van der Waals surface area contributed by atoms with Gasteiger partial charge in [0, 0.05) is 37.0 Å². The number of benzene rings is 1. The van der Waals surface area contributed by atoms with Gasteiger partial charge in [0.05, 0.1) is 0 Å². The second-order valence-corrected chi connectivity index (χ2v) is 4.16. The van der Waals surface area contributed by atoms with Crippen LogP contribution in [0, 0.1) is 0 Å². The Morgan fingerprint density at radius 2 is 1.94 bits per heavy atom. The van der Waals surface area contributed by atoms with Crippen LogP contribution in [0.1, 0.15) is 23.0 Å². The van der Waals surface area contributed by atoms with Crippen LogP contribution in [-0.2, 0) is 13.0 Å². The summed E-state index contributed by atoms with van der Waals surface area (Å²) in [5.74, 6) is -0.00907. The fourth-order valence-electron chi connectivity index (χ4n) is 1.98. The van der Waals surface area contributed by atoms with Gasteiger partial charge in [-0.3, -0.25) is 4.79 Å². The number of rotatable bonds is 5. The normalized spacial score (nSPS) is 10.3. The van der Waals surface area contributed by atoms with Crippen molar-refractivity contribution in [3.05, 3.63) is 59.9 Å². The molecule has 3 heteroatoms. The lowest BCUT2D eigenvalue weighted by molar-refractivity contribution is 0.0954. The predicted octanol–water partition coefficient (Wildman–Crippen LogP) is 2.48. The van der Waals surface area contributed by atoms with Crippen LogP contribution in [-0.4, -0.2) is 17.0 Å². The van der Waals surface area contributed by atoms with E-state index in [1.807, 2.05) is 36.4 Å². The molecule has 0 saturated carbocycles. The summed E-state index contributed by atoms with van der Waals surface area (Å²) in [4.78, 5) is 11.8. The second kappa shape index (κ2) is 6.05. The summed E-state index contributed by atoms with van der Waals surface area (Å²) < 4.78 is 2.19. The molecule has 2 rings (SSSR count). The van der Waals surface area contributed by atoms with Crippen molar-refractivity contribution >= 4 is 5.91 Å². The second-order valence-electron chi connectivity index (χ2n) is 4.16. The maximum atomic E-state index is 11.8. The smallest absolute Gasteiger partial charge is 0.251 e. The van der Waals surface area contributed by atoms with Crippen molar-refractivity contribution in [3.63, 3.8) is 0 Å². The lowest BCUT2D eigenvalue weighted by atomic mass is 10.2. The molecule has 3 nitrogen and oxygen atoms in total. The van der Waals surface area contributed by atoms with E-state index in [-0.39, 0.29) is 5.91 Å². The summed E-state index contributed by atoms with van der Waals surface area (Å²) in [6.45, 7) is 3.75. The molecule has 1 N–H and O–H groups in total. The van der Waals surface area contributed by atoms with Crippen molar-refractivity contribution in [1.29, 1.82) is 0 Å². The van der Waals surface area contributed by atoms with Crippen LogP contribution in [0.15, 0.2) is 48.7 Å². The Morgan fingerprint density at radius 3 is 2.67 bits per heavy atom. The highest BCUT2D eigenvalue weighted by Crippen LogP contribution is 2.03. The topological polar surface area (TPSA) is 34.0 Å². The SMILES string of the molecule is CCn1cccc1CCNC(=O)c1ccccc1. The molecule has 0 bridgehead atoms. The minimum absolute atomic E-state index is 0.00907. The van der Waals surface area contributed by atoms with Crippen LogP contribution >= 0.6 is 0 Å². The summed E-state index contributed by atoms with van der Waals surface area (Å²) >= 11 is 0. The molecule has 0 atom stereocenters. The number of nitrogens with zero attached hydrogens (tertiary/aromatic N) is 1. The van der Waals surface area contributed by atoms with E-state index in [1.165, 1.54) is 5.69 Å². The largest absolute Gasteiger partial charge is 0.352 e. The summed E-state index contributed by atoms with van der Waals surface area (Å²) in [7, 11) is 0. The van der Waals surface area contributed by atoms with Gasteiger partial charge in [-0.05, 0) is 31.2 Å². The highest BCUT2D eigenvalue weighted by atomic mass is 16.1. The fraction of sp³-hybridized carbons (Fsp3) is 0.267. The molecule has 0 aliphatic carbocycles. The Balaban J connectivity index is 1.84. The summed E-state index contributed by atoms with van der Waals surface area (Å²) in [5.41, 5.74) is 1.97. The van der Waals surface area contributed by atoms with E-state index in [2.05, 4.69) is 29.1 Å². The van der Waals surface area contributed by atoms with Crippen LogP contribution in [0.4, 0.5) is 0 Å². The molecule has 1 heterocycles. The fourth-order valence-corrected chi connectivity index (χ4v) is 1.98. The number of amides is 1. The van der Waals surface area contributed by atoms with E-state index in [1.54, 1.807) is 0 Å². The van der Waals surface area contributed by atoms with Crippen molar-refractivity contribution < 1.29 is 4.79 Å². The number of carbonyl (C=O) groups excluding carboxylic acids is 1. The predicted molar refractivity (Wildman–Crippen MR) is 72.6 cm³/mol. The summed E-state index contributed by atoms with van der Waals surface area (Å²) in [6.07, 6.45) is 2.92. The lowest BCUT2D eigenvalue weighted by Gasteiger charge is -2.07. The molecule has 0 radical (unpaired) electrons. The molecule has 18 heavy (non-hydrogen) atoms. The van der Waals surface area contributed by atoms with Crippen LogP contribution < -0.4 is 5.32 Å². The van der Waals surface area contributed by atoms with E-state index in [0.29, 0.717) is 12.1 Å². The molecule has 0 spiro atoms. The molecular formula is C15H18N2O. The van der Waals surface area contributed by atoms with Gasteiger partial charge >= 0.3 is 0 Å². The van der Waals surface area contributed by atoms with Crippen LogP contribution in [0.25, 0.3) is 0 Å². The van der Waals surface area contributed by atoms with Gasteiger partial charge in [0.2, 0.25) is 0 Å². The third kappa shape index (κ3) is 3.00. The Labute approximate surface area is 107 Å². The Bertz CT molecular complexity index is 502. The van der Waals surface area contributed by atoms with Gasteiger partial charge in [-0.25, -0.2) is 0 Å². The molecule has 1 amide bonds. The average Bonchev–Trinajstić information content (AvgIpc) is 2.87. The third-order valence-electron chi connectivity index (χ3n) is 2.97. The summed E-state index contributed by atoms with van der Waals surface area (Å²) in [6, 6.07) is 13.4. The Morgan fingerprint density at radius 1 is 1.17 bits per heavy atom. The highest BCUT2D eigenvalue weighted by molar-refractivity contribution is 5.94. The zero-order chi connectivity index (χ0) is 12.8. The van der Waals surface area contributed by atoms with Crippen molar-refractivity contribution in [2.45, 2.75) is 19.9 Å². The molecule has 94 valence electrons. The Kier molecular flexibility index (Phi) is 4.18. The molecule has 1 aromatic carbocycles. The van der Waals surface area contributed by atoms with Crippen molar-refractivity contribution in [2.75, 3.05) is 6.54 Å². The quantitative estimate of drug-likeness (QED) is 0.858. The zero-order valence-electron chi connectivity index (χ0n) is 10.6. The monoisotopic (exact) mass is 242 g/mol. The van der Waals surface area contributed by atoms with Crippen LogP contribution in [0.3, 0.4) is 0 Å². The van der Waals surface area contributed by atoms with Crippen LogP contribution in [0.2, 0.25) is 0 Å². The molecular weight excluding hydrogens is 224 g/mol. The first kappa shape index (κ1) is 12.4. The van der Waals surface area contributed by atoms with E-state index < -0.39 is 0 Å². The molecule has 0 aliphatic heterocycles. The maximum absolute atomic E-state index is 11.8. The highest BCUT2D eigenvalue weighted by Gasteiger charge is 2.04. The van der Waals surface area contributed by atoms with Gasteiger partial charge in [-0.2, -0.15) is 0 Å². The molecule has 0 saturated heterocycles. The lowest BCUT2D eigenvalue weighted by Crippen LogP contribution is -2.26. The number of carbonyl (C=O) groups is 1. The van der Waals surface area contributed by atoms with Gasteiger partial charge < -0.3 is 9.88 Å². The van der Waals surface area contributed by atoms with Crippen molar-refractivity contribution in [1.82, 2.24) is 9.88 Å². The maximum Gasteiger partial charge on any atom is 0.251 e. The third-order valence-corrected chi connectivity index (χ3v) is 2.97. The van der Waals surface area contributed by atoms with Gasteiger partial charge in [0.15, 0.2) is 0 Å². The first-order valence-electron chi connectivity index (χ1n) is 6.28. The minimum atomic E-state index is -0.00907.